The summed E-state index contributed by atoms with van der Waals surface area (Å²) in [5.74, 6) is 1.87. The lowest BCUT2D eigenvalue weighted by molar-refractivity contribution is 0.294. The van der Waals surface area contributed by atoms with E-state index in [-0.39, 0.29) is 0 Å². The van der Waals surface area contributed by atoms with Crippen molar-refractivity contribution in [2.24, 2.45) is 5.92 Å². The van der Waals surface area contributed by atoms with Gasteiger partial charge < -0.3 is 5.32 Å². The van der Waals surface area contributed by atoms with Crippen LogP contribution in [0.25, 0.3) is 0 Å². The van der Waals surface area contributed by atoms with Crippen molar-refractivity contribution in [2.45, 2.75) is 43.0 Å². The first-order valence-electron chi connectivity index (χ1n) is 6.96. The smallest absolute Gasteiger partial charge is 0.0542 e. The van der Waals surface area contributed by atoms with Gasteiger partial charge in [0.25, 0.3) is 0 Å². The van der Waals surface area contributed by atoms with Gasteiger partial charge in [0.2, 0.25) is 0 Å². The lowest BCUT2D eigenvalue weighted by Crippen LogP contribution is -2.36. The summed E-state index contributed by atoms with van der Waals surface area (Å²) in [5, 5.41) is 5.03. The van der Waals surface area contributed by atoms with E-state index < -0.39 is 0 Å². The van der Waals surface area contributed by atoms with Gasteiger partial charge in [-0.2, -0.15) is 0 Å². The zero-order valence-corrected chi connectivity index (χ0v) is 13.6. The maximum atomic E-state index is 6.21. The van der Waals surface area contributed by atoms with Crippen molar-refractivity contribution in [1.29, 1.82) is 0 Å². The van der Waals surface area contributed by atoms with E-state index in [1.165, 1.54) is 32.1 Å². The first-order valence-corrected chi connectivity index (χ1v) is 8.70. The largest absolute Gasteiger partial charge is 0.316 e. The van der Waals surface area contributed by atoms with E-state index in [1.54, 1.807) is 0 Å². The lowest BCUT2D eigenvalue weighted by Gasteiger charge is -2.30. The Balaban J connectivity index is 1.93. The fourth-order valence-electron chi connectivity index (χ4n) is 2.76. The topological polar surface area (TPSA) is 12.0 Å². The first kappa shape index (κ1) is 15.5. The zero-order valence-electron chi connectivity index (χ0n) is 11.3. The molecule has 1 nitrogen and oxygen atoms in total. The Morgan fingerprint density at radius 3 is 2.68 bits per heavy atom. The van der Waals surface area contributed by atoms with Gasteiger partial charge in [0.05, 0.1) is 5.02 Å². The van der Waals surface area contributed by atoms with Gasteiger partial charge >= 0.3 is 0 Å². The summed E-state index contributed by atoms with van der Waals surface area (Å²) in [6, 6.07) is 6.24. The van der Waals surface area contributed by atoms with Crippen LogP contribution in [0.3, 0.4) is 0 Å². The van der Waals surface area contributed by atoms with Gasteiger partial charge in [-0.25, -0.2) is 0 Å². The summed E-state index contributed by atoms with van der Waals surface area (Å²) < 4.78 is 0. The monoisotopic (exact) mass is 317 g/mol. The zero-order chi connectivity index (χ0) is 13.7. The minimum absolute atomic E-state index is 0.570. The molecule has 0 radical (unpaired) electrons. The van der Waals surface area contributed by atoms with Crippen molar-refractivity contribution in [2.75, 3.05) is 12.8 Å². The predicted octanol–water partition coefficient (Wildman–Crippen LogP) is 5.25. The summed E-state index contributed by atoms with van der Waals surface area (Å²) in [7, 11) is 2.07. The van der Waals surface area contributed by atoms with Gasteiger partial charge in [0.15, 0.2) is 0 Å². The van der Waals surface area contributed by atoms with E-state index >= 15 is 0 Å². The number of halogens is 2. The van der Waals surface area contributed by atoms with Gasteiger partial charge in [-0.15, -0.1) is 11.8 Å². The van der Waals surface area contributed by atoms with Crippen LogP contribution in [-0.4, -0.2) is 18.8 Å². The highest BCUT2D eigenvalue weighted by molar-refractivity contribution is 7.99. The van der Waals surface area contributed by atoms with E-state index in [0.29, 0.717) is 6.04 Å². The van der Waals surface area contributed by atoms with Crippen LogP contribution in [0.15, 0.2) is 23.1 Å². The molecule has 4 heteroatoms. The number of hydrogen-bond donors (Lipinski definition) is 1. The summed E-state index contributed by atoms with van der Waals surface area (Å²) in [4.78, 5) is 1.09. The molecule has 2 rings (SSSR count). The van der Waals surface area contributed by atoms with Crippen LogP contribution in [-0.2, 0) is 0 Å². The first-order chi connectivity index (χ1) is 9.20. The van der Waals surface area contributed by atoms with Gasteiger partial charge in [0, 0.05) is 21.7 Å². The van der Waals surface area contributed by atoms with E-state index in [0.717, 1.165) is 26.6 Å². The van der Waals surface area contributed by atoms with Crippen LogP contribution in [0.5, 0.6) is 0 Å². The van der Waals surface area contributed by atoms with Crippen molar-refractivity contribution in [3.05, 3.63) is 28.2 Å². The molecular formula is C15H21Cl2NS. The van der Waals surface area contributed by atoms with Crippen LogP contribution < -0.4 is 5.32 Å². The normalized spacial score (nSPS) is 18.5. The van der Waals surface area contributed by atoms with E-state index in [9.17, 15) is 0 Å². The average Bonchev–Trinajstić information content (AvgIpc) is 2.44. The lowest BCUT2D eigenvalue weighted by atomic mass is 9.84. The van der Waals surface area contributed by atoms with Crippen molar-refractivity contribution >= 4 is 35.0 Å². The van der Waals surface area contributed by atoms with E-state index in [4.69, 9.17) is 23.2 Å². The Kier molecular flexibility index (Phi) is 6.34. The van der Waals surface area contributed by atoms with Gasteiger partial charge in [-0.05, 0) is 44.0 Å². The Hall–Kier alpha value is 0.110. The standard InChI is InChI=1S/C15H21Cl2NS/c1-18-14(11-5-3-2-4-6-11)10-19-15-9-12(16)7-8-13(15)17/h7-9,11,14,18H,2-6,10H2,1H3. The van der Waals surface area contributed by atoms with Gasteiger partial charge in [-0.3, -0.25) is 0 Å². The van der Waals surface area contributed by atoms with Crippen LogP contribution in [0, 0.1) is 5.92 Å². The molecule has 0 spiro atoms. The summed E-state index contributed by atoms with van der Waals surface area (Å²) in [6.45, 7) is 0. The Bertz CT molecular complexity index is 405. The summed E-state index contributed by atoms with van der Waals surface area (Å²) >= 11 is 14.0. The van der Waals surface area contributed by atoms with Crippen molar-refractivity contribution in [1.82, 2.24) is 5.32 Å². The molecule has 106 valence electrons. The minimum atomic E-state index is 0.570. The molecule has 0 aromatic heterocycles. The molecule has 19 heavy (non-hydrogen) atoms. The number of nitrogens with one attached hydrogen (secondary N) is 1. The third kappa shape index (κ3) is 4.56. The molecule has 1 aromatic carbocycles. The molecule has 1 aliphatic rings. The van der Waals surface area contributed by atoms with Crippen LogP contribution in [0.2, 0.25) is 10.0 Å². The molecule has 0 saturated heterocycles. The van der Waals surface area contributed by atoms with Gasteiger partial charge in [0.1, 0.15) is 0 Å². The van der Waals surface area contributed by atoms with Crippen LogP contribution in [0.1, 0.15) is 32.1 Å². The maximum absolute atomic E-state index is 6.21. The molecule has 1 N–H and O–H groups in total. The summed E-state index contributed by atoms with van der Waals surface area (Å²) in [5.41, 5.74) is 0. The molecule has 0 aliphatic heterocycles. The number of benzene rings is 1. The second kappa shape index (κ2) is 7.78. The number of thioether (sulfide) groups is 1. The molecule has 1 aromatic rings. The molecule has 0 heterocycles. The van der Waals surface area contributed by atoms with Crippen molar-refractivity contribution < 1.29 is 0 Å². The molecule has 0 bridgehead atoms. The van der Waals surface area contributed by atoms with Crippen molar-refractivity contribution in [3.8, 4) is 0 Å². The highest BCUT2D eigenvalue weighted by Gasteiger charge is 2.22. The molecule has 0 amide bonds. The molecular weight excluding hydrogens is 297 g/mol. The Morgan fingerprint density at radius 2 is 2.00 bits per heavy atom. The fraction of sp³-hybridized carbons (Fsp3) is 0.600. The van der Waals surface area contributed by atoms with E-state index in [2.05, 4.69) is 12.4 Å². The second-order valence-electron chi connectivity index (χ2n) is 5.18. The van der Waals surface area contributed by atoms with Crippen molar-refractivity contribution in [3.63, 3.8) is 0 Å². The number of hydrogen-bond acceptors (Lipinski definition) is 2. The average molecular weight is 318 g/mol. The third-order valence-electron chi connectivity index (χ3n) is 3.90. The fourth-order valence-corrected chi connectivity index (χ4v) is 4.49. The highest BCUT2D eigenvalue weighted by Crippen LogP contribution is 2.33. The summed E-state index contributed by atoms with van der Waals surface area (Å²) in [6.07, 6.45) is 6.88. The van der Waals surface area contributed by atoms with Crippen LogP contribution in [0.4, 0.5) is 0 Å². The van der Waals surface area contributed by atoms with E-state index in [1.807, 2.05) is 30.0 Å². The quantitative estimate of drug-likeness (QED) is 0.744. The van der Waals surface area contributed by atoms with Gasteiger partial charge in [-0.1, -0.05) is 42.5 Å². The SMILES string of the molecule is CNC(CSc1cc(Cl)ccc1Cl)C1CCCCC1. The molecule has 1 atom stereocenters. The predicted molar refractivity (Wildman–Crippen MR) is 86.6 cm³/mol. The molecule has 1 fully saturated rings. The Labute approximate surface area is 130 Å². The van der Waals surface area contributed by atoms with Crippen LogP contribution >= 0.6 is 35.0 Å². The molecule has 1 unspecified atom stereocenters. The molecule has 1 saturated carbocycles. The number of rotatable bonds is 5. The Morgan fingerprint density at radius 1 is 1.26 bits per heavy atom. The minimum Gasteiger partial charge on any atom is -0.316 e. The second-order valence-corrected chi connectivity index (χ2v) is 7.08. The highest BCUT2D eigenvalue weighted by atomic mass is 35.5. The maximum Gasteiger partial charge on any atom is 0.0542 e. The third-order valence-corrected chi connectivity index (χ3v) is 5.75. The molecule has 1 aliphatic carbocycles.